The van der Waals surface area contributed by atoms with Crippen molar-refractivity contribution >= 4 is 103 Å². The molecule has 18 rings (SSSR count). The second-order valence-corrected chi connectivity index (χ2v) is 25.7. The Kier molecular flexibility index (Phi) is 10.8. The zero-order chi connectivity index (χ0) is 59.1. The highest BCUT2D eigenvalue weighted by molar-refractivity contribution is 6.92. The van der Waals surface area contributed by atoms with Gasteiger partial charge in [0.05, 0.1) is 11.0 Å². The summed E-state index contributed by atoms with van der Waals surface area (Å²) in [5.41, 5.74) is 42.8. The molecule has 0 amide bonds. The number of hydrogen-bond acceptors (Lipinski definition) is 2. The number of para-hydroxylation sites is 2. The molecular formula is C82H62B2N4. The summed E-state index contributed by atoms with van der Waals surface area (Å²) >= 11 is 0. The van der Waals surface area contributed by atoms with Crippen molar-refractivity contribution in [2.45, 2.75) is 55.4 Å². The van der Waals surface area contributed by atoms with Crippen LogP contribution in [0.4, 0.5) is 34.1 Å². The van der Waals surface area contributed by atoms with E-state index in [0.29, 0.717) is 0 Å². The van der Waals surface area contributed by atoms with E-state index in [1.165, 1.54) is 189 Å². The van der Waals surface area contributed by atoms with Crippen LogP contribution in [0.25, 0.3) is 99.6 Å². The van der Waals surface area contributed by atoms with Crippen molar-refractivity contribution in [3.8, 4) is 66.8 Å². The first-order chi connectivity index (χ1) is 42.9. The van der Waals surface area contributed by atoms with Crippen molar-refractivity contribution in [1.82, 2.24) is 8.96 Å². The Morgan fingerprint density at radius 1 is 0.250 bits per heavy atom. The van der Waals surface area contributed by atoms with Gasteiger partial charge in [-0.25, -0.2) is 0 Å². The van der Waals surface area contributed by atoms with Crippen molar-refractivity contribution in [2.24, 2.45) is 0 Å². The molecule has 14 aromatic rings. The Hall–Kier alpha value is -10.3. The maximum absolute atomic E-state index is 2.80. The number of rotatable bonds is 6. The Morgan fingerprint density at radius 2 is 0.580 bits per heavy atom. The standard InChI is InChI=1S/C82H62B2N4/c1-47-21-25-51(5)67(41-47)55-29-35-59(36-30-55)85-73-39-33-57(69-43-49(3)23-27-53(69)7)45-71(73)83-77-61(13-11-19-75(77)85)63-15-9-17-65-79(63)87(83)81-66-18-10-16-64-62-14-12-20-76-78(62)84(88(80(64)66)82(65)81)72-46-58(70-44-50(4)24-28-54(70)8)34-40-74(72)86(76)60-37-31-56(32-38-60)68-42-48(2)22-26-52(68)6/h9-46H,1-8H3. The van der Waals surface area contributed by atoms with Gasteiger partial charge in [-0.05, 0) is 204 Å². The van der Waals surface area contributed by atoms with Crippen LogP contribution in [0.15, 0.2) is 231 Å². The first kappa shape index (κ1) is 51.0. The van der Waals surface area contributed by atoms with Gasteiger partial charge < -0.3 is 18.8 Å². The Morgan fingerprint density at radius 3 is 0.955 bits per heavy atom. The molecule has 0 saturated heterocycles. The van der Waals surface area contributed by atoms with Crippen molar-refractivity contribution in [1.29, 1.82) is 0 Å². The van der Waals surface area contributed by atoms with Crippen LogP contribution in [0, 0.1) is 55.4 Å². The molecule has 0 radical (unpaired) electrons. The molecule has 416 valence electrons. The van der Waals surface area contributed by atoms with Crippen LogP contribution in [0.3, 0.4) is 0 Å². The van der Waals surface area contributed by atoms with Crippen molar-refractivity contribution in [2.75, 3.05) is 9.80 Å². The minimum absolute atomic E-state index is 0.149. The van der Waals surface area contributed by atoms with E-state index < -0.39 is 0 Å². The first-order valence-corrected chi connectivity index (χ1v) is 31.2. The summed E-state index contributed by atoms with van der Waals surface area (Å²) in [5, 5.41) is 2.56. The molecule has 6 heteroatoms. The topological polar surface area (TPSA) is 16.3 Å². The lowest BCUT2D eigenvalue weighted by Crippen LogP contribution is -2.56. The zero-order valence-corrected chi connectivity index (χ0v) is 50.9. The number of aryl methyl sites for hydroxylation is 8. The van der Waals surface area contributed by atoms with E-state index in [4.69, 9.17) is 0 Å². The third kappa shape index (κ3) is 7.11. The van der Waals surface area contributed by atoms with Gasteiger partial charge in [0.15, 0.2) is 0 Å². The van der Waals surface area contributed by atoms with Crippen LogP contribution < -0.4 is 31.7 Å². The van der Waals surface area contributed by atoms with Crippen LogP contribution in [0.5, 0.6) is 0 Å². The van der Waals surface area contributed by atoms with Gasteiger partial charge in [0, 0.05) is 67.1 Å². The Bertz CT molecular complexity index is 5050. The van der Waals surface area contributed by atoms with Gasteiger partial charge in [0.25, 0.3) is 0 Å². The highest BCUT2D eigenvalue weighted by Crippen LogP contribution is 2.52. The average molecular weight is 1130 g/mol. The molecule has 4 nitrogen and oxygen atoms in total. The molecule has 0 fully saturated rings. The van der Waals surface area contributed by atoms with Gasteiger partial charge in [-0.15, -0.1) is 0 Å². The number of aromatic nitrogens is 2. The van der Waals surface area contributed by atoms with E-state index in [-0.39, 0.29) is 13.7 Å². The summed E-state index contributed by atoms with van der Waals surface area (Å²) < 4.78 is 5.61. The predicted molar refractivity (Wildman–Crippen MR) is 376 cm³/mol. The van der Waals surface area contributed by atoms with Crippen LogP contribution in [0.2, 0.25) is 0 Å². The van der Waals surface area contributed by atoms with Gasteiger partial charge in [-0.2, -0.15) is 0 Å². The van der Waals surface area contributed by atoms with Crippen LogP contribution in [-0.2, 0) is 0 Å². The number of nitrogens with zero attached hydrogens (tertiary/aromatic N) is 4. The summed E-state index contributed by atoms with van der Waals surface area (Å²) in [6.07, 6.45) is 0. The number of fused-ring (bicyclic) bond motifs is 13. The van der Waals surface area contributed by atoms with Crippen LogP contribution in [0.1, 0.15) is 44.5 Å². The highest BCUT2D eigenvalue weighted by atomic mass is 15.2. The van der Waals surface area contributed by atoms with Gasteiger partial charge >= 0.3 is 13.7 Å². The zero-order valence-electron chi connectivity index (χ0n) is 50.9. The van der Waals surface area contributed by atoms with Crippen molar-refractivity contribution < 1.29 is 0 Å². The molecule has 88 heavy (non-hydrogen) atoms. The molecule has 0 spiro atoms. The number of benzene rings is 12. The first-order valence-electron chi connectivity index (χ1n) is 31.2. The minimum atomic E-state index is -0.149. The lowest BCUT2D eigenvalue weighted by atomic mass is 9.45. The number of anilines is 6. The Balaban J connectivity index is 0.907. The lowest BCUT2D eigenvalue weighted by molar-refractivity contribution is 1.25. The SMILES string of the molecule is Cc1ccc(C)c(-c2ccc(N3c4ccc(-c5cc(C)ccc5C)cc4B4c5c(cccc53)-c3cccc5c3n4c3c4cccc6c4n(c53)B3c4cc(-c5cc(C)ccc5C)ccc4N(c4ccc(-c5cc(C)ccc5C)cc4)c4cccc-6c43)cc2)c1. The normalized spacial score (nSPS) is 13.1. The summed E-state index contributed by atoms with van der Waals surface area (Å²) in [5.74, 6) is 0. The maximum Gasteiger partial charge on any atom is 0.333 e. The van der Waals surface area contributed by atoms with E-state index in [1.54, 1.807) is 0 Å². The fourth-order valence-electron chi connectivity index (χ4n) is 16.2. The van der Waals surface area contributed by atoms with E-state index in [9.17, 15) is 0 Å². The second kappa shape index (κ2) is 18.6. The molecular weight excluding hydrogens is 1060 g/mol. The third-order valence-corrected chi connectivity index (χ3v) is 20.3. The minimum Gasteiger partial charge on any atom is -0.374 e. The summed E-state index contributed by atoms with van der Waals surface area (Å²) in [4.78, 5) is 5.11. The van der Waals surface area contributed by atoms with Gasteiger partial charge in [-0.1, -0.05) is 204 Å². The largest absolute Gasteiger partial charge is 0.374 e. The molecule has 0 N–H and O–H groups in total. The molecule has 6 heterocycles. The third-order valence-electron chi connectivity index (χ3n) is 20.3. The molecule has 0 atom stereocenters. The molecule has 0 aliphatic carbocycles. The van der Waals surface area contributed by atoms with Crippen LogP contribution in [-0.4, -0.2) is 22.7 Å². The summed E-state index contributed by atoms with van der Waals surface area (Å²) in [7, 11) is 0. The number of hydrogen-bond donors (Lipinski definition) is 0. The van der Waals surface area contributed by atoms with Crippen molar-refractivity contribution in [3.63, 3.8) is 0 Å². The predicted octanol–water partition coefficient (Wildman–Crippen LogP) is 18.7. The van der Waals surface area contributed by atoms with E-state index >= 15 is 0 Å². The van der Waals surface area contributed by atoms with Gasteiger partial charge in [0.2, 0.25) is 0 Å². The summed E-state index contributed by atoms with van der Waals surface area (Å²) in [6, 6.07) is 89.1. The second-order valence-electron chi connectivity index (χ2n) is 25.7. The quantitative estimate of drug-likeness (QED) is 0.154. The smallest absolute Gasteiger partial charge is 0.333 e. The molecule has 2 aromatic heterocycles. The molecule has 0 saturated carbocycles. The maximum atomic E-state index is 2.80. The lowest BCUT2D eigenvalue weighted by Gasteiger charge is -2.41. The van der Waals surface area contributed by atoms with Crippen LogP contribution >= 0.6 is 0 Å². The van der Waals surface area contributed by atoms with Gasteiger partial charge in [0.1, 0.15) is 0 Å². The highest BCUT2D eigenvalue weighted by Gasteiger charge is 2.47. The van der Waals surface area contributed by atoms with E-state index in [0.717, 1.165) is 11.4 Å². The van der Waals surface area contributed by atoms with Gasteiger partial charge in [-0.3, -0.25) is 0 Å². The summed E-state index contributed by atoms with van der Waals surface area (Å²) in [6.45, 7) is 17.5. The monoisotopic (exact) mass is 1120 g/mol. The fraction of sp³-hybridized carbons (Fsp3) is 0.0976. The molecule has 0 unspecified atom stereocenters. The van der Waals surface area contributed by atoms with Crippen molar-refractivity contribution in [3.05, 3.63) is 275 Å². The molecule has 0 bridgehead atoms. The molecule has 4 aliphatic heterocycles. The Labute approximate surface area is 515 Å². The van der Waals surface area contributed by atoms with E-state index in [1.807, 2.05) is 0 Å². The van der Waals surface area contributed by atoms with E-state index in [2.05, 4.69) is 305 Å². The molecule has 12 aromatic carbocycles. The fourth-order valence-corrected chi connectivity index (χ4v) is 16.2. The molecule has 4 aliphatic rings. The average Bonchev–Trinajstić information content (AvgIpc) is 1.45.